The predicted octanol–water partition coefficient (Wildman–Crippen LogP) is 2.85. The fraction of sp³-hybridized carbons (Fsp3) is 0.500. The van der Waals surface area contributed by atoms with Gasteiger partial charge >= 0.3 is 5.97 Å². The molecule has 2 aromatic carbocycles. The van der Waals surface area contributed by atoms with Gasteiger partial charge in [-0.15, -0.1) is 0 Å². The van der Waals surface area contributed by atoms with Crippen LogP contribution < -0.4 is 0 Å². The number of nitrogens with zero attached hydrogens (tertiary/aromatic N) is 2. The Hall–Kier alpha value is -3.16. The number of hydrogen-bond donors (Lipinski definition) is 0. The first kappa shape index (κ1) is 24.9. The van der Waals surface area contributed by atoms with Gasteiger partial charge in [-0.3, -0.25) is 29.0 Å². The molecule has 6 aliphatic rings. The van der Waals surface area contributed by atoms with Crippen LogP contribution in [0.25, 0.3) is 0 Å². The zero-order valence-corrected chi connectivity index (χ0v) is 23.2. The van der Waals surface area contributed by atoms with E-state index in [0.29, 0.717) is 0 Å². The highest BCUT2D eigenvalue weighted by atomic mass is 16.5. The molecule has 0 amide bonds. The molecule has 202 valence electrons. The highest BCUT2D eigenvalue weighted by Crippen LogP contribution is 2.91. The van der Waals surface area contributed by atoms with Crippen LogP contribution in [0.15, 0.2) is 60.7 Å². The summed E-state index contributed by atoms with van der Waals surface area (Å²) < 4.78 is 5.61. The van der Waals surface area contributed by atoms with Gasteiger partial charge in [-0.2, -0.15) is 0 Å². The topological polar surface area (TPSA) is 84.0 Å². The number of piperidine rings is 4. The third-order valence-corrected chi connectivity index (χ3v) is 11.8. The molecule has 0 radical (unpaired) electrons. The van der Waals surface area contributed by atoms with Gasteiger partial charge in [0.05, 0.1) is 23.4 Å². The van der Waals surface area contributed by atoms with E-state index in [4.69, 9.17) is 4.74 Å². The molecule has 0 N–H and O–H groups in total. The van der Waals surface area contributed by atoms with Gasteiger partial charge in [0.2, 0.25) is 0 Å². The molecule has 2 aliphatic carbocycles. The van der Waals surface area contributed by atoms with Gasteiger partial charge in [-0.05, 0) is 46.0 Å². The Morgan fingerprint density at radius 2 is 0.897 bits per heavy atom. The normalized spacial score (nSPS) is 44.8. The second kappa shape index (κ2) is 7.32. The van der Waals surface area contributed by atoms with Crippen LogP contribution in [0.3, 0.4) is 0 Å². The quantitative estimate of drug-likeness (QED) is 0.536. The Balaban J connectivity index is 1.67. The number of methoxy groups -OCH3 is 1. The van der Waals surface area contributed by atoms with E-state index in [1.165, 1.54) is 7.11 Å². The molecule has 0 spiro atoms. The molecule has 6 atom stereocenters. The zero-order valence-electron chi connectivity index (χ0n) is 23.2. The van der Waals surface area contributed by atoms with Crippen LogP contribution in [0.5, 0.6) is 0 Å². The van der Waals surface area contributed by atoms with Crippen LogP contribution in [-0.2, 0) is 23.9 Å². The summed E-state index contributed by atoms with van der Waals surface area (Å²) in [6.07, 6.45) is 0. The van der Waals surface area contributed by atoms with E-state index in [2.05, 4.69) is 9.80 Å². The average Bonchev–Trinajstić information content (AvgIpc) is 2.87. The summed E-state index contributed by atoms with van der Waals surface area (Å²) >= 11 is 0. The van der Waals surface area contributed by atoms with E-state index in [1.807, 2.05) is 74.8 Å². The van der Waals surface area contributed by atoms with E-state index in [0.717, 1.165) is 11.1 Å². The van der Waals surface area contributed by atoms with E-state index in [9.17, 15) is 19.2 Å². The average molecular weight is 527 g/mol. The molecule has 39 heavy (non-hydrogen) atoms. The summed E-state index contributed by atoms with van der Waals surface area (Å²) in [7, 11) is 5.23. The molecular formula is C32H34N2O5. The number of hydrogen-bond acceptors (Lipinski definition) is 7. The van der Waals surface area contributed by atoms with Crippen molar-refractivity contribution in [1.82, 2.24) is 9.80 Å². The maximum Gasteiger partial charge on any atom is 0.315 e. The van der Waals surface area contributed by atoms with E-state index in [1.54, 1.807) is 20.8 Å². The fourth-order valence-electron chi connectivity index (χ4n) is 11.7. The molecule has 4 unspecified atom stereocenters. The highest BCUT2D eigenvalue weighted by molar-refractivity contribution is 6.05. The summed E-state index contributed by atoms with van der Waals surface area (Å²) in [5, 5.41) is 0. The number of rotatable bonds is 6. The minimum Gasteiger partial charge on any atom is -0.468 e. The molecular weight excluding hydrogens is 492 g/mol. The van der Waals surface area contributed by atoms with Crippen molar-refractivity contribution in [3.63, 3.8) is 0 Å². The lowest BCUT2D eigenvalue weighted by Gasteiger charge is -2.96. The first-order valence-electron chi connectivity index (χ1n) is 13.7. The highest BCUT2D eigenvalue weighted by Gasteiger charge is 3.03. The number of Topliss-reactive ketones (excluding diaryl/α,β-unsaturated/α-hetero) is 3. The van der Waals surface area contributed by atoms with Crippen molar-refractivity contribution in [1.29, 1.82) is 0 Å². The van der Waals surface area contributed by atoms with Gasteiger partial charge in [0.1, 0.15) is 22.8 Å². The lowest BCUT2D eigenvalue weighted by atomic mass is 9.14. The molecule has 2 aromatic rings. The predicted molar refractivity (Wildman–Crippen MR) is 143 cm³/mol. The molecule has 6 fully saturated rings. The third-order valence-electron chi connectivity index (χ3n) is 11.8. The van der Waals surface area contributed by atoms with Crippen LogP contribution in [0.4, 0.5) is 0 Å². The molecule has 0 aromatic heterocycles. The first-order valence-corrected chi connectivity index (χ1v) is 13.7. The SMILES string of the molecule is COC(=O)C12C3N(C)C4C5(C(C)=O)C(N(C)C1C3(C(C)=O)[C@H]5c1ccccc1)C4(C(C)=O)[C@@H]2c1ccccc1. The molecule has 8 rings (SSSR count). The van der Waals surface area contributed by atoms with E-state index >= 15 is 0 Å². The Morgan fingerprint density at radius 3 is 1.21 bits per heavy atom. The monoisotopic (exact) mass is 526 g/mol. The van der Waals surface area contributed by atoms with Crippen molar-refractivity contribution in [3.8, 4) is 0 Å². The Kier molecular flexibility index (Phi) is 4.66. The minimum atomic E-state index is -1.17. The largest absolute Gasteiger partial charge is 0.468 e. The van der Waals surface area contributed by atoms with Crippen LogP contribution in [0.2, 0.25) is 0 Å². The van der Waals surface area contributed by atoms with Gasteiger partial charge in [-0.1, -0.05) is 60.7 Å². The Morgan fingerprint density at radius 1 is 0.590 bits per heavy atom. The fourth-order valence-corrected chi connectivity index (χ4v) is 11.7. The summed E-state index contributed by atoms with van der Waals surface area (Å²) in [6, 6.07) is 17.5. The van der Waals surface area contributed by atoms with Gasteiger partial charge in [0.15, 0.2) is 0 Å². The molecule has 7 nitrogen and oxygen atoms in total. The van der Waals surface area contributed by atoms with Crippen molar-refractivity contribution in [2.75, 3.05) is 21.2 Å². The summed E-state index contributed by atoms with van der Waals surface area (Å²) in [5.41, 5.74) is -2.42. The maximum atomic E-state index is 14.3. The smallest absolute Gasteiger partial charge is 0.315 e. The van der Waals surface area contributed by atoms with Crippen LogP contribution in [-0.4, -0.2) is 78.5 Å². The second-order valence-electron chi connectivity index (χ2n) is 12.5. The lowest BCUT2D eigenvalue weighted by molar-refractivity contribution is -0.429. The number of esters is 1. The van der Waals surface area contributed by atoms with Gasteiger partial charge < -0.3 is 4.74 Å². The number of benzene rings is 2. The molecule has 4 aliphatic heterocycles. The number of carbonyl (C=O) groups is 4. The number of ketones is 3. The maximum absolute atomic E-state index is 14.3. The molecule has 7 heteroatoms. The summed E-state index contributed by atoms with van der Waals surface area (Å²) in [6.45, 7) is 4.86. The van der Waals surface area contributed by atoms with Crippen molar-refractivity contribution < 1.29 is 23.9 Å². The van der Waals surface area contributed by atoms with Crippen LogP contribution in [0, 0.1) is 21.7 Å². The van der Waals surface area contributed by atoms with Gasteiger partial charge in [0.25, 0.3) is 0 Å². The summed E-state index contributed by atoms with van der Waals surface area (Å²) in [4.78, 5) is 61.1. The number of ether oxygens (including phenoxy) is 1. The van der Waals surface area contributed by atoms with E-state index in [-0.39, 0.29) is 17.3 Å². The van der Waals surface area contributed by atoms with Crippen LogP contribution in [0.1, 0.15) is 43.7 Å². The van der Waals surface area contributed by atoms with Crippen LogP contribution >= 0.6 is 0 Å². The molecule has 4 heterocycles. The first-order chi connectivity index (χ1) is 18.6. The lowest BCUT2D eigenvalue weighted by Crippen LogP contribution is -3.08. The molecule has 4 saturated heterocycles. The van der Waals surface area contributed by atoms with Gasteiger partial charge in [0, 0.05) is 36.0 Å². The standard InChI is InChI=1S/C32H34N2O5/c1-17(35)29-22(20-13-9-7-10-14-20)30(18(2)36)26-32(28(38)39-6)23(21-15-11-8-12-16-21)31(19(3)37,24(29)33(26)4)25(29)34(5)27(30)32/h7-16,22-27H,1-6H3/t22-,23-,24?,25?,26?,27?,29?,30?,31?,32?/m0/s1. The van der Waals surface area contributed by atoms with Gasteiger partial charge in [-0.25, -0.2) is 0 Å². The molecule has 8 bridgehead atoms. The second-order valence-corrected chi connectivity index (χ2v) is 12.5. The van der Waals surface area contributed by atoms with Crippen molar-refractivity contribution in [3.05, 3.63) is 71.8 Å². The minimum absolute atomic E-state index is 0.0104. The Labute approximate surface area is 228 Å². The van der Waals surface area contributed by atoms with E-state index < -0.39 is 63.6 Å². The van der Waals surface area contributed by atoms with Crippen molar-refractivity contribution >= 4 is 23.3 Å². The Bertz CT molecular complexity index is 1410. The van der Waals surface area contributed by atoms with Crippen molar-refractivity contribution in [2.45, 2.75) is 56.8 Å². The zero-order chi connectivity index (χ0) is 27.9. The molecule has 2 saturated carbocycles. The summed E-state index contributed by atoms with van der Waals surface area (Å²) in [5.74, 6) is -1.45. The van der Waals surface area contributed by atoms with Crippen molar-refractivity contribution in [2.24, 2.45) is 21.7 Å². The third kappa shape index (κ3) is 2.07. The number of carbonyl (C=O) groups excluding carboxylic acids is 4.